The van der Waals surface area contributed by atoms with Gasteiger partial charge in [0.25, 0.3) is 0 Å². The van der Waals surface area contributed by atoms with E-state index in [1.54, 1.807) is 6.08 Å². The van der Waals surface area contributed by atoms with E-state index in [0.717, 1.165) is 23.5 Å². The monoisotopic (exact) mass is 396 g/mol. The molecule has 0 saturated carbocycles. The fourth-order valence-corrected chi connectivity index (χ4v) is 3.40. The summed E-state index contributed by atoms with van der Waals surface area (Å²) in [5.74, 6) is 0.668. The Hall–Kier alpha value is -1.56. The third kappa shape index (κ3) is 6.52. The quantitative estimate of drug-likeness (QED) is 0.408. The van der Waals surface area contributed by atoms with Gasteiger partial charge in [0, 0.05) is 35.8 Å². The Bertz CT molecular complexity index is 687. The number of hydrogen-bond acceptors (Lipinski definition) is 4. The van der Waals surface area contributed by atoms with Crippen molar-refractivity contribution in [1.29, 1.82) is 0 Å². The number of unbranched alkanes of at least 4 members (excludes halogenated alkanes) is 1. The summed E-state index contributed by atoms with van der Waals surface area (Å²) < 4.78 is 5.83. The van der Waals surface area contributed by atoms with Gasteiger partial charge in [-0.15, -0.1) is 0 Å². The highest BCUT2D eigenvalue weighted by Gasteiger charge is 2.33. The molecule has 1 aromatic heterocycles. The molecule has 3 N–H and O–H groups in total. The number of carboxylic acid groups (broad SMARTS) is 1. The van der Waals surface area contributed by atoms with Gasteiger partial charge in [-0.1, -0.05) is 36.8 Å². The highest BCUT2D eigenvalue weighted by atomic mass is 35.5. The van der Waals surface area contributed by atoms with Crippen molar-refractivity contribution < 1.29 is 24.5 Å². The molecule has 27 heavy (non-hydrogen) atoms. The van der Waals surface area contributed by atoms with Gasteiger partial charge in [-0.05, 0) is 38.2 Å². The van der Waals surface area contributed by atoms with Gasteiger partial charge in [0.2, 0.25) is 0 Å². The number of rotatable bonds is 10. The molecule has 150 valence electrons. The number of hydrogen-bond donors (Lipinski definition) is 3. The molecule has 0 aromatic carbocycles. The first kappa shape index (κ1) is 21.7. The molecule has 0 spiro atoms. The Morgan fingerprint density at radius 3 is 2.85 bits per heavy atom. The highest BCUT2D eigenvalue weighted by Crippen LogP contribution is 2.37. The van der Waals surface area contributed by atoms with Crippen LogP contribution in [0.25, 0.3) is 0 Å². The lowest BCUT2D eigenvalue weighted by Crippen LogP contribution is -2.16. The standard InChI is InChI=1S/C21H29ClO5/c1-13(7-8-14(2)22)18(23)10-9-16-17-11-15(5-3-4-6-21(25)26)27-20(17)12-19(16)24/h8-11,13,16,18-19,23-24H,3-7,12H2,1-2H3,(H,25,26)/t13?,16-,18-,19-/m1/s1. The van der Waals surface area contributed by atoms with E-state index in [-0.39, 0.29) is 18.3 Å². The number of carbonyl (C=O) groups is 1. The second kappa shape index (κ2) is 10.1. The Morgan fingerprint density at radius 1 is 1.44 bits per heavy atom. The van der Waals surface area contributed by atoms with Gasteiger partial charge in [0.05, 0.1) is 12.2 Å². The molecule has 6 heteroatoms. The largest absolute Gasteiger partial charge is 0.481 e. The van der Waals surface area contributed by atoms with Gasteiger partial charge < -0.3 is 19.7 Å². The zero-order valence-corrected chi connectivity index (χ0v) is 16.7. The lowest BCUT2D eigenvalue weighted by Gasteiger charge is -2.15. The van der Waals surface area contributed by atoms with E-state index in [0.29, 0.717) is 30.7 Å². The molecule has 0 amide bonds. The Balaban J connectivity index is 1.95. The van der Waals surface area contributed by atoms with Crippen LogP contribution in [-0.4, -0.2) is 33.5 Å². The number of fused-ring (bicyclic) bond motifs is 1. The maximum absolute atomic E-state index is 10.6. The Kier molecular flexibility index (Phi) is 8.14. The summed E-state index contributed by atoms with van der Waals surface area (Å²) in [5, 5.41) is 30.0. The van der Waals surface area contributed by atoms with Crippen LogP contribution in [0.3, 0.4) is 0 Å². The van der Waals surface area contributed by atoms with E-state index >= 15 is 0 Å². The molecule has 2 rings (SSSR count). The summed E-state index contributed by atoms with van der Waals surface area (Å²) in [5.41, 5.74) is 0.961. The van der Waals surface area contributed by atoms with E-state index < -0.39 is 18.2 Å². The van der Waals surface area contributed by atoms with Gasteiger partial charge in [0.15, 0.2) is 0 Å². The summed E-state index contributed by atoms with van der Waals surface area (Å²) >= 11 is 5.83. The van der Waals surface area contributed by atoms with Crippen LogP contribution < -0.4 is 0 Å². The number of halogens is 1. The lowest BCUT2D eigenvalue weighted by atomic mass is 9.95. The summed E-state index contributed by atoms with van der Waals surface area (Å²) in [4.78, 5) is 10.6. The van der Waals surface area contributed by atoms with Gasteiger partial charge >= 0.3 is 5.97 Å². The molecule has 4 atom stereocenters. The molecule has 0 bridgehead atoms. The molecule has 1 aliphatic carbocycles. The fraction of sp³-hybridized carbons (Fsp3) is 0.571. The van der Waals surface area contributed by atoms with Crippen molar-refractivity contribution in [2.24, 2.45) is 5.92 Å². The molecular weight excluding hydrogens is 368 g/mol. The predicted molar refractivity (Wildman–Crippen MR) is 105 cm³/mol. The van der Waals surface area contributed by atoms with Crippen LogP contribution in [0.1, 0.15) is 62.5 Å². The molecule has 1 aromatic rings. The number of furan rings is 1. The van der Waals surface area contributed by atoms with Crippen molar-refractivity contribution in [3.05, 3.63) is 46.4 Å². The average Bonchev–Trinajstić information content (AvgIpc) is 3.10. The first-order valence-electron chi connectivity index (χ1n) is 9.48. The normalized spacial score (nSPS) is 22.2. The SMILES string of the molecule is CC(Cl)=CCC(C)[C@H](O)C=C[C@@H]1c2cc(CCCCC(=O)O)oc2C[C@H]1O. The predicted octanol–water partition coefficient (Wildman–Crippen LogP) is 4.16. The minimum atomic E-state index is -0.783. The lowest BCUT2D eigenvalue weighted by molar-refractivity contribution is -0.137. The third-order valence-electron chi connectivity index (χ3n) is 4.99. The summed E-state index contributed by atoms with van der Waals surface area (Å²) in [6.45, 7) is 3.76. The molecule has 5 nitrogen and oxygen atoms in total. The van der Waals surface area contributed by atoms with Gasteiger partial charge in [-0.2, -0.15) is 0 Å². The fourth-order valence-electron chi connectivity index (χ4n) is 3.31. The van der Waals surface area contributed by atoms with Crippen LogP contribution in [0.2, 0.25) is 0 Å². The van der Waals surface area contributed by atoms with Crippen molar-refractivity contribution in [1.82, 2.24) is 0 Å². The maximum Gasteiger partial charge on any atom is 0.303 e. The summed E-state index contributed by atoms with van der Waals surface area (Å²) in [6.07, 6.45) is 7.69. The van der Waals surface area contributed by atoms with E-state index in [2.05, 4.69) is 0 Å². The first-order chi connectivity index (χ1) is 12.8. The molecule has 0 radical (unpaired) electrons. The van der Waals surface area contributed by atoms with Crippen LogP contribution in [0.15, 0.2) is 33.7 Å². The molecule has 1 aliphatic rings. The summed E-state index contributed by atoms with van der Waals surface area (Å²) in [7, 11) is 0. The zero-order chi connectivity index (χ0) is 20.0. The van der Waals surface area contributed by atoms with E-state index in [1.165, 1.54) is 0 Å². The average molecular weight is 397 g/mol. The second-order valence-electron chi connectivity index (χ2n) is 7.37. The van der Waals surface area contributed by atoms with Gasteiger partial charge in [-0.3, -0.25) is 4.79 Å². The maximum atomic E-state index is 10.6. The Morgan fingerprint density at radius 2 is 2.19 bits per heavy atom. The minimum absolute atomic E-state index is 0.0297. The smallest absolute Gasteiger partial charge is 0.303 e. The zero-order valence-electron chi connectivity index (χ0n) is 15.9. The topological polar surface area (TPSA) is 90.9 Å². The van der Waals surface area contributed by atoms with Crippen LogP contribution >= 0.6 is 11.6 Å². The number of aliphatic carboxylic acids is 1. The van der Waals surface area contributed by atoms with E-state index in [4.69, 9.17) is 21.1 Å². The molecule has 1 heterocycles. The van der Waals surface area contributed by atoms with Crippen LogP contribution in [0, 0.1) is 5.92 Å². The van der Waals surface area contributed by atoms with Crippen molar-refractivity contribution in [2.75, 3.05) is 0 Å². The molecule has 0 aliphatic heterocycles. The van der Waals surface area contributed by atoms with Gasteiger partial charge in [0.1, 0.15) is 11.5 Å². The van der Waals surface area contributed by atoms with Crippen molar-refractivity contribution in [3.8, 4) is 0 Å². The third-order valence-corrected chi connectivity index (χ3v) is 5.15. The first-order valence-corrected chi connectivity index (χ1v) is 9.85. The van der Waals surface area contributed by atoms with Gasteiger partial charge in [-0.25, -0.2) is 0 Å². The highest BCUT2D eigenvalue weighted by molar-refractivity contribution is 6.29. The summed E-state index contributed by atoms with van der Waals surface area (Å²) in [6, 6.07) is 1.96. The number of aliphatic hydroxyl groups is 2. The number of carboxylic acids is 1. The number of allylic oxidation sites excluding steroid dienone is 2. The molecular formula is C21H29ClO5. The van der Waals surface area contributed by atoms with Crippen molar-refractivity contribution in [2.45, 2.75) is 70.5 Å². The van der Waals surface area contributed by atoms with E-state index in [1.807, 2.05) is 32.1 Å². The Labute approximate surface area is 165 Å². The molecule has 0 fully saturated rings. The number of aliphatic hydroxyl groups excluding tert-OH is 2. The van der Waals surface area contributed by atoms with Crippen LogP contribution in [-0.2, 0) is 17.6 Å². The number of aryl methyl sites for hydroxylation is 1. The van der Waals surface area contributed by atoms with Crippen molar-refractivity contribution in [3.63, 3.8) is 0 Å². The second-order valence-corrected chi connectivity index (χ2v) is 7.96. The minimum Gasteiger partial charge on any atom is -0.481 e. The van der Waals surface area contributed by atoms with Crippen LogP contribution in [0.5, 0.6) is 0 Å². The molecule has 1 unspecified atom stereocenters. The van der Waals surface area contributed by atoms with Crippen LogP contribution in [0.4, 0.5) is 0 Å². The molecule has 0 saturated heterocycles. The van der Waals surface area contributed by atoms with Crippen molar-refractivity contribution >= 4 is 17.6 Å². The van der Waals surface area contributed by atoms with E-state index in [9.17, 15) is 15.0 Å².